The van der Waals surface area contributed by atoms with Gasteiger partial charge in [-0.05, 0) is 35.9 Å². The highest BCUT2D eigenvalue weighted by Gasteiger charge is 2.10. The van der Waals surface area contributed by atoms with Gasteiger partial charge in [-0.2, -0.15) is 0 Å². The van der Waals surface area contributed by atoms with Crippen LogP contribution < -0.4 is 4.62 Å². The van der Waals surface area contributed by atoms with E-state index in [4.69, 9.17) is 0 Å². The Bertz CT molecular complexity index is 399. The lowest BCUT2D eigenvalue weighted by molar-refractivity contribution is 1.43. The number of hydrogen-bond donors (Lipinski definition) is 0. The van der Waals surface area contributed by atoms with Gasteiger partial charge in [-0.3, -0.25) is 0 Å². The molecule has 0 radical (unpaired) electrons. The van der Waals surface area contributed by atoms with E-state index in [1.807, 2.05) is 22.7 Å². The van der Waals surface area contributed by atoms with Gasteiger partial charge in [0.25, 0.3) is 0 Å². The predicted octanol–water partition coefficient (Wildman–Crippen LogP) is 4.62. The van der Waals surface area contributed by atoms with Gasteiger partial charge in [0, 0.05) is 14.4 Å². The van der Waals surface area contributed by atoms with Crippen LogP contribution in [0.2, 0.25) is 0 Å². The highest BCUT2D eigenvalue weighted by Crippen LogP contribution is 2.39. The lowest BCUT2D eigenvalue weighted by atomic mass is 10.4. The Morgan fingerprint density at radius 3 is 2.47 bits per heavy atom. The van der Waals surface area contributed by atoms with Crippen LogP contribution in [0.4, 0.5) is 0 Å². The third-order valence-corrected chi connectivity index (χ3v) is 7.73. The van der Waals surface area contributed by atoms with E-state index >= 15 is 0 Å². The van der Waals surface area contributed by atoms with E-state index in [0.29, 0.717) is 0 Å². The van der Waals surface area contributed by atoms with Crippen LogP contribution in [-0.2, 0) is 0 Å². The fraction of sp³-hybridized carbons (Fsp3) is 0.333. The zero-order valence-electron chi connectivity index (χ0n) is 9.06. The molecule has 0 N–H and O–H groups in total. The molecule has 0 bridgehead atoms. The predicted molar refractivity (Wildman–Crippen MR) is 75.3 cm³/mol. The van der Waals surface area contributed by atoms with Gasteiger partial charge >= 0.3 is 0 Å². The van der Waals surface area contributed by atoms with Crippen molar-refractivity contribution < 1.29 is 0 Å². The second-order valence-corrected chi connectivity index (χ2v) is 8.45. The minimum atomic E-state index is 0.117. The molecule has 0 aliphatic heterocycles. The molecule has 0 spiro atoms. The monoisotopic (exact) mass is 254 g/mol. The second kappa shape index (κ2) is 5.25. The van der Waals surface area contributed by atoms with Gasteiger partial charge in [0.1, 0.15) is 0 Å². The van der Waals surface area contributed by atoms with Gasteiger partial charge in [0.2, 0.25) is 0 Å². The molecule has 0 amide bonds. The Kier molecular flexibility index (Phi) is 3.96. The van der Waals surface area contributed by atoms with Crippen molar-refractivity contribution in [2.75, 3.05) is 12.3 Å². The van der Waals surface area contributed by atoms with Crippen LogP contribution in [0.1, 0.15) is 13.8 Å². The summed E-state index contributed by atoms with van der Waals surface area (Å²) in [4.78, 5) is 2.85. The topological polar surface area (TPSA) is 0 Å². The van der Waals surface area contributed by atoms with E-state index in [-0.39, 0.29) is 7.92 Å². The van der Waals surface area contributed by atoms with Crippen LogP contribution in [0.3, 0.4) is 0 Å². The van der Waals surface area contributed by atoms with E-state index in [9.17, 15) is 0 Å². The normalized spacial score (nSPS) is 11.1. The third-order valence-electron chi connectivity index (χ3n) is 2.43. The van der Waals surface area contributed by atoms with Crippen LogP contribution in [0, 0.1) is 0 Å². The molecule has 2 aromatic rings. The van der Waals surface area contributed by atoms with E-state index in [0.717, 1.165) is 0 Å². The first-order valence-electron chi connectivity index (χ1n) is 5.23. The molecule has 0 fully saturated rings. The minimum Gasteiger partial charge on any atom is -0.143 e. The van der Waals surface area contributed by atoms with Crippen LogP contribution in [0.25, 0.3) is 9.75 Å². The zero-order valence-corrected chi connectivity index (χ0v) is 11.6. The summed E-state index contributed by atoms with van der Waals surface area (Å²) in [6.45, 7) is 4.61. The molecule has 0 unspecified atom stereocenters. The highest BCUT2D eigenvalue weighted by molar-refractivity contribution is 7.71. The molecule has 0 atom stereocenters. The highest BCUT2D eigenvalue weighted by atomic mass is 32.1. The average molecular weight is 254 g/mol. The number of rotatable bonds is 4. The summed E-state index contributed by atoms with van der Waals surface area (Å²) in [5.74, 6) is 0. The Balaban J connectivity index is 2.24. The van der Waals surface area contributed by atoms with Gasteiger partial charge in [-0.15, -0.1) is 22.7 Å². The molecule has 0 saturated heterocycles. The quantitative estimate of drug-likeness (QED) is 0.698. The van der Waals surface area contributed by atoms with E-state index in [2.05, 4.69) is 43.5 Å². The molecule has 2 aromatic heterocycles. The largest absolute Gasteiger partial charge is 0.143 e. The first kappa shape index (κ1) is 11.3. The van der Waals surface area contributed by atoms with Crippen molar-refractivity contribution in [1.29, 1.82) is 0 Å². The average Bonchev–Trinajstić information content (AvgIpc) is 2.89. The second-order valence-electron chi connectivity index (χ2n) is 3.29. The molecule has 0 aliphatic carbocycles. The SMILES string of the molecule is CCP(CC)c1ccc(-c2cccs2)s1. The van der Waals surface area contributed by atoms with Crippen LogP contribution in [0.15, 0.2) is 29.6 Å². The fourth-order valence-electron chi connectivity index (χ4n) is 1.58. The summed E-state index contributed by atoms with van der Waals surface area (Å²) in [5.41, 5.74) is 0. The van der Waals surface area contributed by atoms with Crippen LogP contribution in [0.5, 0.6) is 0 Å². The molecule has 0 nitrogen and oxygen atoms in total. The van der Waals surface area contributed by atoms with Crippen molar-refractivity contribution in [3.8, 4) is 9.75 Å². The van der Waals surface area contributed by atoms with Crippen molar-refractivity contribution >= 4 is 35.2 Å². The molecule has 2 rings (SSSR count). The number of thiophene rings is 2. The van der Waals surface area contributed by atoms with Crippen molar-refractivity contribution in [3.63, 3.8) is 0 Å². The summed E-state index contributed by atoms with van der Waals surface area (Å²) >= 11 is 3.82. The third kappa shape index (κ3) is 2.50. The Labute approximate surface area is 101 Å². The van der Waals surface area contributed by atoms with Gasteiger partial charge in [-0.25, -0.2) is 0 Å². The first-order chi connectivity index (χ1) is 7.35. The van der Waals surface area contributed by atoms with Gasteiger partial charge < -0.3 is 0 Å². The summed E-state index contributed by atoms with van der Waals surface area (Å²) in [6.07, 6.45) is 2.63. The lowest BCUT2D eigenvalue weighted by Gasteiger charge is -2.09. The molecular formula is C12H15PS2. The van der Waals surface area contributed by atoms with Crippen LogP contribution in [-0.4, -0.2) is 12.3 Å². The summed E-state index contributed by atoms with van der Waals surface area (Å²) < 4.78 is 1.61. The minimum absolute atomic E-state index is 0.117. The fourth-order valence-corrected chi connectivity index (χ4v) is 6.11. The van der Waals surface area contributed by atoms with Crippen molar-refractivity contribution in [1.82, 2.24) is 0 Å². The Morgan fingerprint density at radius 1 is 1.07 bits per heavy atom. The molecule has 3 heteroatoms. The van der Waals surface area contributed by atoms with Gasteiger partial charge in [0.15, 0.2) is 0 Å². The Morgan fingerprint density at radius 2 is 1.87 bits per heavy atom. The molecule has 0 saturated carbocycles. The molecule has 0 aromatic carbocycles. The maximum absolute atomic E-state index is 2.33. The van der Waals surface area contributed by atoms with Crippen molar-refractivity contribution in [3.05, 3.63) is 29.6 Å². The van der Waals surface area contributed by atoms with Crippen LogP contribution >= 0.6 is 30.6 Å². The Hall–Kier alpha value is -0.170. The molecule has 15 heavy (non-hydrogen) atoms. The van der Waals surface area contributed by atoms with Gasteiger partial charge in [-0.1, -0.05) is 27.8 Å². The van der Waals surface area contributed by atoms with E-state index in [1.54, 1.807) is 4.62 Å². The zero-order chi connectivity index (χ0) is 10.7. The summed E-state index contributed by atoms with van der Waals surface area (Å²) in [6, 6.07) is 8.95. The van der Waals surface area contributed by atoms with E-state index < -0.39 is 0 Å². The molecule has 80 valence electrons. The smallest absolute Gasteiger partial charge is 0.0449 e. The lowest BCUT2D eigenvalue weighted by Crippen LogP contribution is -1.97. The summed E-state index contributed by atoms with van der Waals surface area (Å²) in [5, 5.41) is 2.15. The number of hydrogen-bond acceptors (Lipinski definition) is 2. The van der Waals surface area contributed by atoms with Crippen molar-refractivity contribution in [2.24, 2.45) is 0 Å². The summed E-state index contributed by atoms with van der Waals surface area (Å²) in [7, 11) is 0.117. The van der Waals surface area contributed by atoms with Gasteiger partial charge in [0.05, 0.1) is 0 Å². The standard InChI is InChI=1S/C12H15PS2/c1-3-13(4-2)12-8-7-11(15-12)10-6-5-9-14-10/h5-9H,3-4H2,1-2H3. The molecule has 2 heterocycles. The van der Waals surface area contributed by atoms with E-state index in [1.165, 1.54) is 22.1 Å². The first-order valence-corrected chi connectivity index (χ1v) is 8.64. The molecule has 0 aliphatic rings. The van der Waals surface area contributed by atoms with Crippen molar-refractivity contribution in [2.45, 2.75) is 13.8 Å². The maximum atomic E-state index is 2.33. The maximum Gasteiger partial charge on any atom is 0.0449 e. The molecular weight excluding hydrogens is 239 g/mol.